The molecule has 0 bridgehead atoms. The molecule has 0 heterocycles. The van der Waals surface area contributed by atoms with Crippen LogP contribution in [0.2, 0.25) is 5.02 Å². The lowest BCUT2D eigenvalue weighted by Gasteiger charge is -2.08. The number of carbonyl (C=O) groups is 2. The molecule has 0 aliphatic heterocycles. The third-order valence-electron chi connectivity index (χ3n) is 2.64. The Morgan fingerprint density at radius 3 is 2.48 bits per heavy atom. The minimum Gasteiger partial charge on any atom is -0.478 e. The predicted octanol–water partition coefficient (Wildman–Crippen LogP) is 3.64. The van der Waals surface area contributed by atoms with E-state index in [1.54, 1.807) is 12.1 Å². The standard InChI is InChI=1S/C14H10BrClN2O3/c15-8-3-7(4-9(17)5-8)13(19)18-10-1-2-11(14(20)21)12(16)6-10/h1-6H,17H2,(H,18,19)(H,20,21). The number of rotatable bonds is 3. The molecule has 108 valence electrons. The third-order valence-corrected chi connectivity index (χ3v) is 3.41. The van der Waals surface area contributed by atoms with Gasteiger partial charge >= 0.3 is 5.97 Å². The summed E-state index contributed by atoms with van der Waals surface area (Å²) in [5, 5.41) is 11.6. The summed E-state index contributed by atoms with van der Waals surface area (Å²) >= 11 is 9.10. The van der Waals surface area contributed by atoms with Gasteiger partial charge in [0.1, 0.15) is 0 Å². The van der Waals surface area contributed by atoms with Crippen LogP contribution in [-0.2, 0) is 0 Å². The molecule has 0 radical (unpaired) electrons. The number of amides is 1. The van der Waals surface area contributed by atoms with E-state index in [1.165, 1.54) is 24.3 Å². The maximum atomic E-state index is 12.1. The smallest absolute Gasteiger partial charge is 0.337 e. The first kappa shape index (κ1) is 15.3. The molecule has 0 aromatic heterocycles. The molecule has 5 nitrogen and oxygen atoms in total. The van der Waals surface area contributed by atoms with E-state index < -0.39 is 5.97 Å². The molecule has 2 aromatic rings. The zero-order valence-electron chi connectivity index (χ0n) is 10.6. The van der Waals surface area contributed by atoms with Crippen LogP contribution in [0.25, 0.3) is 0 Å². The number of benzene rings is 2. The zero-order valence-corrected chi connectivity index (χ0v) is 12.9. The van der Waals surface area contributed by atoms with Crippen LogP contribution in [0.1, 0.15) is 20.7 Å². The van der Waals surface area contributed by atoms with Crippen molar-refractivity contribution in [3.05, 3.63) is 57.0 Å². The van der Waals surface area contributed by atoms with Gasteiger partial charge in [0.2, 0.25) is 0 Å². The van der Waals surface area contributed by atoms with E-state index in [-0.39, 0.29) is 16.5 Å². The number of nitrogens with two attached hydrogens (primary N) is 1. The molecule has 2 aromatic carbocycles. The number of anilines is 2. The zero-order chi connectivity index (χ0) is 15.6. The summed E-state index contributed by atoms with van der Waals surface area (Å²) in [5.74, 6) is -1.50. The minimum absolute atomic E-state index is 0.0265. The van der Waals surface area contributed by atoms with E-state index >= 15 is 0 Å². The van der Waals surface area contributed by atoms with Crippen LogP contribution in [-0.4, -0.2) is 17.0 Å². The van der Waals surface area contributed by atoms with Gasteiger partial charge in [-0.25, -0.2) is 4.79 Å². The average molecular weight is 370 g/mol. The molecule has 7 heteroatoms. The number of halogens is 2. The Bertz CT molecular complexity index is 714. The number of carbonyl (C=O) groups excluding carboxylic acids is 1. The topological polar surface area (TPSA) is 92.4 Å². The van der Waals surface area contributed by atoms with Crippen molar-refractivity contribution in [3.8, 4) is 0 Å². The van der Waals surface area contributed by atoms with Gasteiger partial charge in [0, 0.05) is 21.4 Å². The van der Waals surface area contributed by atoms with Gasteiger partial charge in [0.05, 0.1) is 10.6 Å². The van der Waals surface area contributed by atoms with Crippen molar-refractivity contribution in [2.75, 3.05) is 11.1 Å². The average Bonchev–Trinajstić information content (AvgIpc) is 2.37. The van der Waals surface area contributed by atoms with Gasteiger partial charge in [-0.2, -0.15) is 0 Å². The molecule has 2 rings (SSSR count). The first-order valence-electron chi connectivity index (χ1n) is 5.77. The van der Waals surface area contributed by atoms with Crippen molar-refractivity contribution in [1.29, 1.82) is 0 Å². The monoisotopic (exact) mass is 368 g/mol. The summed E-state index contributed by atoms with van der Waals surface area (Å²) < 4.78 is 0.687. The van der Waals surface area contributed by atoms with Crippen LogP contribution < -0.4 is 11.1 Å². The molecule has 0 atom stereocenters. The van der Waals surface area contributed by atoms with E-state index in [9.17, 15) is 9.59 Å². The normalized spacial score (nSPS) is 10.2. The number of nitrogen functional groups attached to an aromatic ring is 1. The van der Waals surface area contributed by atoms with Gasteiger partial charge < -0.3 is 16.2 Å². The molecule has 0 aliphatic rings. The van der Waals surface area contributed by atoms with Gasteiger partial charge in [-0.05, 0) is 36.4 Å². The van der Waals surface area contributed by atoms with Crippen molar-refractivity contribution in [3.63, 3.8) is 0 Å². The SMILES string of the molecule is Nc1cc(Br)cc(C(=O)Nc2ccc(C(=O)O)c(Cl)c2)c1. The summed E-state index contributed by atoms with van der Waals surface area (Å²) in [6, 6.07) is 9.01. The maximum Gasteiger partial charge on any atom is 0.337 e. The Kier molecular flexibility index (Phi) is 4.50. The molecular weight excluding hydrogens is 360 g/mol. The molecule has 0 aliphatic carbocycles. The molecule has 1 amide bonds. The minimum atomic E-state index is -1.13. The Morgan fingerprint density at radius 2 is 1.90 bits per heavy atom. The van der Waals surface area contributed by atoms with Crippen LogP contribution in [0, 0.1) is 0 Å². The van der Waals surface area contributed by atoms with E-state index in [0.717, 1.165) is 0 Å². The lowest BCUT2D eigenvalue weighted by molar-refractivity contribution is 0.0697. The number of carboxylic acids is 1. The lowest BCUT2D eigenvalue weighted by Crippen LogP contribution is -2.12. The number of nitrogens with one attached hydrogen (secondary N) is 1. The second-order valence-corrected chi connectivity index (χ2v) is 5.55. The summed E-state index contributed by atoms with van der Waals surface area (Å²) in [6.45, 7) is 0. The Balaban J connectivity index is 2.23. The third kappa shape index (κ3) is 3.74. The summed E-state index contributed by atoms with van der Waals surface area (Å²) in [6.07, 6.45) is 0. The van der Waals surface area contributed by atoms with Crippen LogP contribution in [0.5, 0.6) is 0 Å². The van der Waals surface area contributed by atoms with E-state index in [4.69, 9.17) is 22.4 Å². The fraction of sp³-hybridized carbons (Fsp3) is 0. The Labute approximate surface area is 133 Å². The summed E-state index contributed by atoms with van der Waals surface area (Å²) in [7, 11) is 0. The van der Waals surface area contributed by atoms with Crippen molar-refractivity contribution < 1.29 is 14.7 Å². The highest BCUT2D eigenvalue weighted by Gasteiger charge is 2.12. The molecule has 0 unspecified atom stereocenters. The predicted molar refractivity (Wildman–Crippen MR) is 84.9 cm³/mol. The molecule has 21 heavy (non-hydrogen) atoms. The van der Waals surface area contributed by atoms with E-state index in [2.05, 4.69) is 21.2 Å². The quantitative estimate of drug-likeness (QED) is 0.720. The van der Waals surface area contributed by atoms with Gasteiger partial charge in [-0.1, -0.05) is 27.5 Å². The van der Waals surface area contributed by atoms with Gasteiger partial charge in [0.25, 0.3) is 5.91 Å². The van der Waals surface area contributed by atoms with Crippen LogP contribution >= 0.6 is 27.5 Å². The van der Waals surface area contributed by atoms with Crippen LogP contribution in [0.3, 0.4) is 0 Å². The van der Waals surface area contributed by atoms with Crippen molar-refractivity contribution >= 4 is 50.8 Å². The van der Waals surface area contributed by atoms with E-state index in [1.807, 2.05) is 0 Å². The lowest BCUT2D eigenvalue weighted by atomic mass is 10.1. The van der Waals surface area contributed by atoms with Gasteiger partial charge in [-0.3, -0.25) is 4.79 Å². The molecule has 4 N–H and O–H groups in total. The maximum absolute atomic E-state index is 12.1. The largest absolute Gasteiger partial charge is 0.478 e. The molecule has 0 spiro atoms. The summed E-state index contributed by atoms with van der Waals surface area (Å²) in [4.78, 5) is 23.0. The fourth-order valence-electron chi connectivity index (χ4n) is 1.71. The number of hydrogen-bond donors (Lipinski definition) is 3. The Hall–Kier alpha value is -2.05. The van der Waals surface area contributed by atoms with E-state index in [0.29, 0.717) is 21.4 Å². The fourth-order valence-corrected chi connectivity index (χ4v) is 2.49. The second-order valence-electron chi connectivity index (χ2n) is 4.23. The highest BCUT2D eigenvalue weighted by molar-refractivity contribution is 9.10. The first-order valence-corrected chi connectivity index (χ1v) is 6.94. The van der Waals surface area contributed by atoms with Gasteiger partial charge in [0.15, 0.2) is 0 Å². The first-order chi connectivity index (χ1) is 9.86. The highest BCUT2D eigenvalue weighted by atomic mass is 79.9. The molecule has 0 saturated carbocycles. The molecule has 0 fully saturated rings. The number of carboxylic acid groups (broad SMARTS) is 1. The Morgan fingerprint density at radius 1 is 1.19 bits per heavy atom. The second kappa shape index (κ2) is 6.15. The highest BCUT2D eigenvalue weighted by Crippen LogP contribution is 2.22. The van der Waals surface area contributed by atoms with Crippen molar-refractivity contribution in [1.82, 2.24) is 0 Å². The van der Waals surface area contributed by atoms with Crippen LogP contribution in [0.4, 0.5) is 11.4 Å². The summed E-state index contributed by atoms with van der Waals surface area (Å²) in [5.41, 5.74) is 6.87. The van der Waals surface area contributed by atoms with Gasteiger partial charge in [-0.15, -0.1) is 0 Å². The number of hydrogen-bond acceptors (Lipinski definition) is 3. The number of aromatic carboxylic acids is 1. The van der Waals surface area contributed by atoms with Crippen molar-refractivity contribution in [2.45, 2.75) is 0 Å². The van der Waals surface area contributed by atoms with Crippen molar-refractivity contribution in [2.24, 2.45) is 0 Å². The molecule has 0 saturated heterocycles. The molecular formula is C14H10BrClN2O3. The van der Waals surface area contributed by atoms with Crippen LogP contribution in [0.15, 0.2) is 40.9 Å².